The van der Waals surface area contributed by atoms with Crippen LogP contribution in [0.3, 0.4) is 0 Å². The zero-order valence-corrected chi connectivity index (χ0v) is 15.8. The first-order valence-electron chi connectivity index (χ1n) is 8.83. The highest BCUT2D eigenvalue weighted by Gasteiger charge is 2.15. The standard InChI is InChI=1S/C20H23N3O2S/c1-3-17-18(26-22-20(17)14-5-7-16(24)8-6-14)9-10-19(25)21-15-11-12-23(4-2)13-15/h5-8,11-13,24H,3-4,9-10H2,1-2H3,(H,21,25). The molecule has 1 aromatic carbocycles. The van der Waals surface area contributed by atoms with Gasteiger partial charge in [0.25, 0.3) is 0 Å². The Morgan fingerprint density at radius 2 is 2.00 bits per heavy atom. The summed E-state index contributed by atoms with van der Waals surface area (Å²) >= 11 is 1.46. The third-order valence-corrected chi connectivity index (χ3v) is 5.29. The van der Waals surface area contributed by atoms with Gasteiger partial charge < -0.3 is 15.0 Å². The molecule has 2 heterocycles. The van der Waals surface area contributed by atoms with Gasteiger partial charge in [0.1, 0.15) is 5.75 Å². The van der Waals surface area contributed by atoms with Crippen LogP contribution in [-0.4, -0.2) is 20.0 Å². The second kappa shape index (κ2) is 8.19. The van der Waals surface area contributed by atoms with Crippen molar-refractivity contribution < 1.29 is 9.90 Å². The molecular formula is C20H23N3O2S. The number of aryl methyl sites for hydroxylation is 2. The molecule has 3 aromatic rings. The number of amides is 1. The van der Waals surface area contributed by atoms with Gasteiger partial charge in [-0.15, -0.1) is 0 Å². The summed E-state index contributed by atoms with van der Waals surface area (Å²) in [4.78, 5) is 13.4. The van der Waals surface area contributed by atoms with Gasteiger partial charge in [0.15, 0.2) is 0 Å². The van der Waals surface area contributed by atoms with Crippen LogP contribution in [0.2, 0.25) is 0 Å². The van der Waals surface area contributed by atoms with Crippen molar-refractivity contribution in [3.8, 4) is 17.0 Å². The minimum atomic E-state index is 0.0143. The van der Waals surface area contributed by atoms with Crippen molar-refractivity contribution >= 4 is 23.1 Å². The fraction of sp³-hybridized carbons (Fsp3) is 0.300. The number of carbonyl (C=O) groups excluding carboxylic acids is 1. The van der Waals surface area contributed by atoms with E-state index in [9.17, 15) is 9.90 Å². The predicted octanol–water partition coefficient (Wildman–Crippen LogP) is 4.47. The number of aromatic nitrogens is 2. The van der Waals surface area contributed by atoms with Crippen LogP contribution in [0.4, 0.5) is 5.69 Å². The van der Waals surface area contributed by atoms with Crippen molar-refractivity contribution in [2.75, 3.05) is 5.32 Å². The molecule has 26 heavy (non-hydrogen) atoms. The average Bonchev–Trinajstić information content (AvgIpc) is 3.26. The van der Waals surface area contributed by atoms with E-state index in [-0.39, 0.29) is 11.7 Å². The minimum absolute atomic E-state index is 0.0143. The molecule has 0 saturated heterocycles. The fourth-order valence-electron chi connectivity index (χ4n) is 2.91. The Hall–Kier alpha value is -2.60. The molecular weight excluding hydrogens is 346 g/mol. The van der Waals surface area contributed by atoms with Crippen LogP contribution >= 0.6 is 11.5 Å². The van der Waals surface area contributed by atoms with E-state index in [2.05, 4.69) is 23.5 Å². The maximum absolute atomic E-state index is 12.2. The second-order valence-electron chi connectivity index (χ2n) is 6.11. The average molecular weight is 369 g/mol. The summed E-state index contributed by atoms with van der Waals surface area (Å²) in [5.74, 6) is 0.260. The third-order valence-electron chi connectivity index (χ3n) is 4.34. The van der Waals surface area contributed by atoms with Gasteiger partial charge in [-0.2, -0.15) is 4.37 Å². The highest BCUT2D eigenvalue weighted by Crippen LogP contribution is 2.30. The van der Waals surface area contributed by atoms with E-state index in [1.165, 1.54) is 17.1 Å². The van der Waals surface area contributed by atoms with Gasteiger partial charge in [-0.05, 0) is 67.2 Å². The lowest BCUT2D eigenvalue weighted by molar-refractivity contribution is -0.116. The lowest BCUT2D eigenvalue weighted by Gasteiger charge is -2.05. The molecule has 5 nitrogen and oxygen atoms in total. The van der Waals surface area contributed by atoms with Crippen LogP contribution in [0.5, 0.6) is 5.75 Å². The Bertz CT molecular complexity index is 881. The van der Waals surface area contributed by atoms with E-state index < -0.39 is 0 Å². The lowest BCUT2D eigenvalue weighted by atomic mass is 10.0. The summed E-state index contributed by atoms with van der Waals surface area (Å²) in [6.07, 6.45) is 5.87. The molecule has 136 valence electrons. The second-order valence-corrected chi connectivity index (χ2v) is 6.97. The molecule has 3 rings (SSSR count). The normalized spacial score (nSPS) is 10.8. The van der Waals surface area contributed by atoms with Crippen molar-refractivity contribution in [2.45, 2.75) is 39.7 Å². The number of rotatable bonds is 7. The number of phenols is 1. The molecule has 0 unspecified atom stereocenters. The quantitative estimate of drug-likeness (QED) is 0.646. The number of hydrogen-bond acceptors (Lipinski definition) is 4. The first-order valence-corrected chi connectivity index (χ1v) is 9.60. The Balaban J connectivity index is 1.66. The highest BCUT2D eigenvalue weighted by atomic mass is 32.1. The Kier molecular flexibility index (Phi) is 5.73. The molecule has 6 heteroatoms. The van der Waals surface area contributed by atoms with Crippen LogP contribution in [0.1, 0.15) is 30.7 Å². The summed E-state index contributed by atoms with van der Waals surface area (Å²) in [5, 5.41) is 12.4. The zero-order valence-electron chi connectivity index (χ0n) is 15.0. The number of carbonyl (C=O) groups is 1. The smallest absolute Gasteiger partial charge is 0.224 e. The number of hydrogen-bond donors (Lipinski definition) is 2. The number of nitrogens with one attached hydrogen (secondary N) is 1. The summed E-state index contributed by atoms with van der Waals surface area (Å²) < 4.78 is 6.61. The van der Waals surface area contributed by atoms with Gasteiger partial charge >= 0.3 is 0 Å². The third kappa shape index (κ3) is 4.14. The van der Waals surface area contributed by atoms with Gasteiger partial charge in [-0.25, -0.2) is 0 Å². The van der Waals surface area contributed by atoms with Crippen molar-refractivity contribution in [3.63, 3.8) is 0 Å². The van der Waals surface area contributed by atoms with Crippen LogP contribution in [0.25, 0.3) is 11.3 Å². The van der Waals surface area contributed by atoms with E-state index in [4.69, 9.17) is 0 Å². The molecule has 2 aromatic heterocycles. The molecule has 0 aliphatic rings. The molecule has 2 N–H and O–H groups in total. The summed E-state index contributed by atoms with van der Waals surface area (Å²) in [6, 6.07) is 9.00. The number of anilines is 1. The maximum Gasteiger partial charge on any atom is 0.224 e. The van der Waals surface area contributed by atoms with Crippen molar-refractivity contribution in [1.29, 1.82) is 0 Å². The minimum Gasteiger partial charge on any atom is -0.508 e. The van der Waals surface area contributed by atoms with Gasteiger partial charge in [-0.3, -0.25) is 4.79 Å². The molecule has 0 saturated carbocycles. The molecule has 0 bridgehead atoms. The van der Waals surface area contributed by atoms with Crippen LogP contribution < -0.4 is 5.32 Å². The molecule has 0 spiro atoms. The fourth-order valence-corrected chi connectivity index (χ4v) is 3.87. The Morgan fingerprint density at radius 1 is 1.23 bits per heavy atom. The number of phenolic OH excluding ortho intramolecular Hbond substituents is 1. The predicted molar refractivity (Wildman–Crippen MR) is 106 cm³/mol. The lowest BCUT2D eigenvalue weighted by Crippen LogP contribution is -2.12. The number of nitrogens with zero attached hydrogens (tertiary/aromatic N) is 2. The first kappa shape index (κ1) is 18.2. The monoisotopic (exact) mass is 369 g/mol. The largest absolute Gasteiger partial charge is 0.508 e. The maximum atomic E-state index is 12.2. The zero-order chi connectivity index (χ0) is 18.5. The molecule has 0 aliphatic heterocycles. The Labute approximate surface area is 157 Å². The van der Waals surface area contributed by atoms with Crippen LogP contribution in [-0.2, 0) is 24.2 Å². The highest BCUT2D eigenvalue weighted by molar-refractivity contribution is 7.06. The van der Waals surface area contributed by atoms with Crippen molar-refractivity contribution in [2.24, 2.45) is 0 Å². The van der Waals surface area contributed by atoms with E-state index in [1.54, 1.807) is 12.1 Å². The topological polar surface area (TPSA) is 67.2 Å². The van der Waals surface area contributed by atoms with Gasteiger partial charge in [-0.1, -0.05) is 6.92 Å². The molecule has 0 radical (unpaired) electrons. The van der Waals surface area contributed by atoms with E-state index in [0.29, 0.717) is 12.8 Å². The summed E-state index contributed by atoms with van der Waals surface area (Å²) in [6.45, 7) is 5.05. The number of aromatic hydroxyl groups is 1. The molecule has 0 atom stereocenters. The van der Waals surface area contributed by atoms with Gasteiger partial charge in [0.05, 0.1) is 11.4 Å². The van der Waals surface area contributed by atoms with E-state index >= 15 is 0 Å². The number of benzene rings is 1. The van der Waals surface area contributed by atoms with E-state index in [0.717, 1.165) is 34.8 Å². The Morgan fingerprint density at radius 3 is 2.65 bits per heavy atom. The SMILES string of the molecule is CCc1c(-c2ccc(O)cc2)nsc1CCC(=O)Nc1ccn(CC)c1. The summed E-state index contributed by atoms with van der Waals surface area (Å²) in [7, 11) is 0. The van der Waals surface area contributed by atoms with Gasteiger partial charge in [0, 0.05) is 35.8 Å². The van der Waals surface area contributed by atoms with Crippen molar-refractivity contribution in [3.05, 3.63) is 53.2 Å². The van der Waals surface area contributed by atoms with E-state index in [1.807, 2.05) is 35.2 Å². The molecule has 1 amide bonds. The summed E-state index contributed by atoms with van der Waals surface area (Å²) in [5.41, 5.74) is 3.97. The molecule has 0 aliphatic carbocycles. The van der Waals surface area contributed by atoms with Crippen LogP contribution in [0.15, 0.2) is 42.7 Å². The molecule has 0 fully saturated rings. The van der Waals surface area contributed by atoms with Crippen molar-refractivity contribution in [1.82, 2.24) is 8.94 Å². The van der Waals surface area contributed by atoms with Gasteiger partial charge in [0.2, 0.25) is 5.91 Å². The van der Waals surface area contributed by atoms with Crippen LogP contribution in [0, 0.1) is 0 Å². The first-order chi connectivity index (χ1) is 12.6.